The predicted octanol–water partition coefficient (Wildman–Crippen LogP) is 2.79. The van der Waals surface area contributed by atoms with Crippen molar-refractivity contribution in [1.29, 1.82) is 0 Å². The van der Waals surface area contributed by atoms with Crippen molar-refractivity contribution in [3.8, 4) is 0 Å². The molecule has 1 aliphatic heterocycles. The lowest BCUT2D eigenvalue weighted by Crippen LogP contribution is -2.11. The van der Waals surface area contributed by atoms with Crippen LogP contribution in [0.4, 0.5) is 0 Å². The normalized spacial score (nSPS) is 18.4. The van der Waals surface area contributed by atoms with Crippen LogP contribution in [0.5, 0.6) is 0 Å². The van der Waals surface area contributed by atoms with E-state index in [1.165, 1.54) is 25.0 Å². The fourth-order valence-electron chi connectivity index (χ4n) is 1.50. The molecule has 0 N–H and O–H groups in total. The highest BCUT2D eigenvalue weighted by atomic mass is 16.6. The summed E-state index contributed by atoms with van der Waals surface area (Å²) in [4.78, 5) is 7.39. The summed E-state index contributed by atoms with van der Waals surface area (Å²) in [7, 11) is 4.10. The lowest BCUT2D eigenvalue weighted by atomic mass is 10.1. The average molecular weight is 210 g/mol. The predicted molar refractivity (Wildman–Crippen MR) is 63.9 cm³/mol. The topological polar surface area (TPSA) is 24.8 Å². The first kappa shape index (κ1) is 12.2. The quantitative estimate of drug-likeness (QED) is 0.630. The van der Waals surface area contributed by atoms with Crippen LogP contribution in [0.25, 0.3) is 0 Å². The minimum atomic E-state index is 0.914. The van der Waals surface area contributed by atoms with Gasteiger partial charge in [-0.25, -0.2) is 0 Å². The van der Waals surface area contributed by atoms with Crippen molar-refractivity contribution < 1.29 is 4.84 Å². The number of allylic oxidation sites excluding steroid dienone is 1. The van der Waals surface area contributed by atoms with Gasteiger partial charge in [-0.2, -0.15) is 0 Å². The van der Waals surface area contributed by atoms with E-state index in [9.17, 15) is 0 Å². The van der Waals surface area contributed by atoms with Crippen molar-refractivity contribution in [3.05, 3.63) is 11.8 Å². The number of likely N-dealkylation sites (N-methyl/N-ethyl adjacent to an activating group) is 1. The summed E-state index contributed by atoms with van der Waals surface area (Å²) in [6.07, 6.45) is 7.90. The standard InChI is InChI=1S/C12H22N2O/c1-4-5-6-7-11-10-12(15-13-11)8-9-14(2)3/h8H,4-7,9-10H2,1-3H3/b12-8-. The molecule has 0 aromatic rings. The molecule has 0 aliphatic carbocycles. The molecule has 86 valence electrons. The fraction of sp³-hybridized carbons (Fsp3) is 0.750. The number of nitrogens with zero attached hydrogens (tertiary/aromatic N) is 2. The zero-order valence-electron chi connectivity index (χ0n) is 10.1. The second kappa shape index (κ2) is 6.62. The van der Waals surface area contributed by atoms with Crippen LogP contribution in [0, 0.1) is 0 Å². The van der Waals surface area contributed by atoms with Crippen molar-refractivity contribution in [2.45, 2.75) is 39.0 Å². The third kappa shape index (κ3) is 4.98. The molecular formula is C12H22N2O. The molecule has 1 aliphatic rings. The lowest BCUT2D eigenvalue weighted by molar-refractivity contribution is 0.241. The Morgan fingerprint density at radius 2 is 2.20 bits per heavy atom. The van der Waals surface area contributed by atoms with Gasteiger partial charge in [0.2, 0.25) is 0 Å². The molecule has 15 heavy (non-hydrogen) atoms. The molecule has 0 spiro atoms. The Bertz CT molecular complexity index is 244. The van der Waals surface area contributed by atoms with Crippen LogP contribution >= 0.6 is 0 Å². The van der Waals surface area contributed by atoms with Gasteiger partial charge in [-0.3, -0.25) is 0 Å². The Morgan fingerprint density at radius 1 is 1.40 bits per heavy atom. The summed E-state index contributed by atoms with van der Waals surface area (Å²) in [5.74, 6) is 1.01. The van der Waals surface area contributed by atoms with E-state index in [0.717, 1.165) is 25.1 Å². The first-order valence-corrected chi connectivity index (χ1v) is 5.79. The van der Waals surface area contributed by atoms with E-state index < -0.39 is 0 Å². The lowest BCUT2D eigenvalue weighted by Gasteiger charge is -2.04. The van der Waals surface area contributed by atoms with Gasteiger partial charge in [0.1, 0.15) is 5.76 Å². The number of rotatable bonds is 6. The molecule has 1 heterocycles. The zero-order chi connectivity index (χ0) is 11.1. The Labute approximate surface area is 92.8 Å². The smallest absolute Gasteiger partial charge is 0.138 e. The largest absolute Gasteiger partial charge is 0.361 e. The van der Waals surface area contributed by atoms with Gasteiger partial charge in [0, 0.05) is 6.54 Å². The molecule has 0 saturated carbocycles. The molecular weight excluding hydrogens is 188 g/mol. The number of oxime groups is 1. The van der Waals surface area contributed by atoms with Gasteiger partial charge < -0.3 is 9.74 Å². The fourth-order valence-corrected chi connectivity index (χ4v) is 1.50. The maximum Gasteiger partial charge on any atom is 0.138 e. The van der Waals surface area contributed by atoms with Gasteiger partial charge >= 0.3 is 0 Å². The first-order valence-electron chi connectivity index (χ1n) is 5.79. The van der Waals surface area contributed by atoms with Gasteiger partial charge in [-0.1, -0.05) is 24.9 Å². The Hall–Kier alpha value is -0.830. The van der Waals surface area contributed by atoms with Crippen LogP contribution in [-0.2, 0) is 4.84 Å². The zero-order valence-corrected chi connectivity index (χ0v) is 10.1. The average Bonchev–Trinajstić information content (AvgIpc) is 2.63. The minimum absolute atomic E-state index is 0.914. The molecule has 0 aromatic heterocycles. The van der Waals surface area contributed by atoms with Gasteiger partial charge in [-0.15, -0.1) is 0 Å². The molecule has 3 nitrogen and oxygen atoms in total. The molecule has 0 bridgehead atoms. The maximum absolute atomic E-state index is 5.27. The highest BCUT2D eigenvalue weighted by Crippen LogP contribution is 2.17. The van der Waals surface area contributed by atoms with Crippen molar-refractivity contribution >= 4 is 5.71 Å². The van der Waals surface area contributed by atoms with E-state index in [4.69, 9.17) is 4.84 Å². The van der Waals surface area contributed by atoms with E-state index >= 15 is 0 Å². The van der Waals surface area contributed by atoms with Crippen molar-refractivity contribution in [2.24, 2.45) is 5.16 Å². The molecule has 0 fully saturated rings. The Morgan fingerprint density at radius 3 is 2.87 bits per heavy atom. The molecule has 1 rings (SSSR count). The summed E-state index contributed by atoms with van der Waals surface area (Å²) >= 11 is 0. The Balaban J connectivity index is 2.21. The summed E-state index contributed by atoms with van der Waals surface area (Å²) in [5.41, 5.74) is 1.20. The summed E-state index contributed by atoms with van der Waals surface area (Å²) in [6, 6.07) is 0. The molecule has 0 saturated heterocycles. The molecule has 0 aromatic carbocycles. The second-order valence-electron chi connectivity index (χ2n) is 4.32. The molecule has 0 unspecified atom stereocenters. The molecule has 0 amide bonds. The van der Waals surface area contributed by atoms with Crippen LogP contribution in [0.15, 0.2) is 17.0 Å². The minimum Gasteiger partial charge on any atom is -0.361 e. The van der Waals surface area contributed by atoms with Crippen LogP contribution in [-0.4, -0.2) is 31.3 Å². The number of unbranched alkanes of at least 4 members (excludes halogenated alkanes) is 2. The van der Waals surface area contributed by atoms with Crippen LogP contribution < -0.4 is 0 Å². The van der Waals surface area contributed by atoms with E-state index in [0.29, 0.717) is 0 Å². The van der Waals surface area contributed by atoms with E-state index in [-0.39, 0.29) is 0 Å². The highest BCUT2D eigenvalue weighted by molar-refractivity contribution is 5.87. The first-order chi connectivity index (χ1) is 7.22. The summed E-state index contributed by atoms with van der Waals surface area (Å²) in [6.45, 7) is 3.14. The summed E-state index contributed by atoms with van der Waals surface area (Å²) in [5, 5.41) is 4.10. The number of hydrogen-bond acceptors (Lipinski definition) is 3. The summed E-state index contributed by atoms with van der Waals surface area (Å²) < 4.78 is 0. The second-order valence-corrected chi connectivity index (χ2v) is 4.32. The van der Waals surface area contributed by atoms with Crippen molar-refractivity contribution in [3.63, 3.8) is 0 Å². The highest BCUT2D eigenvalue weighted by Gasteiger charge is 2.13. The van der Waals surface area contributed by atoms with Gasteiger partial charge in [0.05, 0.1) is 12.1 Å². The molecule has 3 heteroatoms. The van der Waals surface area contributed by atoms with E-state index in [1.54, 1.807) is 0 Å². The Kier molecular flexibility index (Phi) is 5.40. The van der Waals surface area contributed by atoms with Crippen molar-refractivity contribution in [1.82, 2.24) is 4.90 Å². The molecule has 0 radical (unpaired) electrons. The third-order valence-electron chi connectivity index (χ3n) is 2.42. The van der Waals surface area contributed by atoms with Gasteiger partial charge in [0.15, 0.2) is 0 Å². The van der Waals surface area contributed by atoms with E-state index in [2.05, 4.69) is 37.2 Å². The number of hydrogen-bond donors (Lipinski definition) is 0. The van der Waals surface area contributed by atoms with Crippen LogP contribution in [0.3, 0.4) is 0 Å². The maximum atomic E-state index is 5.27. The third-order valence-corrected chi connectivity index (χ3v) is 2.42. The van der Waals surface area contributed by atoms with E-state index in [1.807, 2.05) is 0 Å². The van der Waals surface area contributed by atoms with Gasteiger partial charge in [0.25, 0.3) is 0 Å². The van der Waals surface area contributed by atoms with Gasteiger partial charge in [-0.05, 0) is 33.0 Å². The van der Waals surface area contributed by atoms with Crippen LogP contribution in [0.1, 0.15) is 39.0 Å². The van der Waals surface area contributed by atoms with Crippen molar-refractivity contribution in [2.75, 3.05) is 20.6 Å². The molecule has 0 atom stereocenters. The SMILES string of the molecule is CCCCCC1=NO/C(=C\CN(C)C)C1. The van der Waals surface area contributed by atoms with Crippen LogP contribution in [0.2, 0.25) is 0 Å². The monoisotopic (exact) mass is 210 g/mol.